The van der Waals surface area contributed by atoms with E-state index in [1.54, 1.807) is 0 Å². The van der Waals surface area contributed by atoms with Gasteiger partial charge in [-0.25, -0.2) is 0 Å². The van der Waals surface area contributed by atoms with Gasteiger partial charge in [-0.05, 0) is 64.8 Å². The number of hydrogen-bond donors (Lipinski definition) is 2. The summed E-state index contributed by atoms with van der Waals surface area (Å²) in [6.07, 6.45) is 3.73. The summed E-state index contributed by atoms with van der Waals surface area (Å²) >= 11 is 0. The summed E-state index contributed by atoms with van der Waals surface area (Å²) in [5, 5.41) is 5.96. The molecule has 1 aromatic rings. The van der Waals surface area contributed by atoms with Crippen LogP contribution in [0.15, 0.2) is 24.3 Å². The third kappa shape index (κ3) is 5.48. The minimum absolute atomic E-state index is 0.0572. The summed E-state index contributed by atoms with van der Waals surface area (Å²) < 4.78 is 5.42. The molecule has 1 saturated carbocycles. The zero-order valence-corrected chi connectivity index (χ0v) is 15.8. The molecule has 5 nitrogen and oxygen atoms in total. The van der Waals surface area contributed by atoms with E-state index in [9.17, 15) is 9.59 Å². The third-order valence-corrected chi connectivity index (χ3v) is 4.48. The Balaban J connectivity index is 2.05. The van der Waals surface area contributed by atoms with Gasteiger partial charge in [-0.1, -0.05) is 12.8 Å². The Bertz CT molecular complexity index is 596. The fourth-order valence-corrected chi connectivity index (χ4v) is 3.37. The number of nitrogens with one attached hydrogen (secondary N) is 2. The first-order chi connectivity index (χ1) is 11.7. The molecule has 0 bridgehead atoms. The third-order valence-electron chi connectivity index (χ3n) is 4.48. The van der Waals surface area contributed by atoms with Gasteiger partial charge < -0.3 is 15.4 Å². The monoisotopic (exact) mass is 346 g/mol. The summed E-state index contributed by atoms with van der Waals surface area (Å²) in [6.45, 7) is 8.39. The zero-order chi connectivity index (χ0) is 18.5. The second-order valence-corrected chi connectivity index (χ2v) is 7.87. The highest BCUT2D eigenvalue weighted by atomic mass is 16.5. The Labute approximate surface area is 150 Å². The van der Waals surface area contributed by atoms with Crippen LogP contribution < -0.4 is 15.4 Å². The Morgan fingerprint density at radius 2 is 1.72 bits per heavy atom. The minimum Gasteiger partial charge on any atom is -0.494 e. The van der Waals surface area contributed by atoms with Crippen molar-refractivity contribution in [2.75, 3.05) is 11.9 Å². The van der Waals surface area contributed by atoms with Crippen LogP contribution in [0.4, 0.5) is 5.69 Å². The van der Waals surface area contributed by atoms with Crippen LogP contribution in [-0.4, -0.2) is 24.0 Å². The summed E-state index contributed by atoms with van der Waals surface area (Å²) in [5.74, 6) is 0.662. The van der Waals surface area contributed by atoms with Crippen LogP contribution in [0.5, 0.6) is 5.75 Å². The molecule has 2 amide bonds. The van der Waals surface area contributed by atoms with Crippen molar-refractivity contribution in [3.63, 3.8) is 0 Å². The van der Waals surface area contributed by atoms with Crippen LogP contribution in [-0.2, 0) is 9.59 Å². The molecule has 0 spiro atoms. The van der Waals surface area contributed by atoms with E-state index in [1.165, 1.54) is 0 Å². The predicted octanol–water partition coefficient (Wildman–Crippen LogP) is 3.89. The topological polar surface area (TPSA) is 67.4 Å². The number of amides is 2. The van der Waals surface area contributed by atoms with Gasteiger partial charge in [-0.3, -0.25) is 9.59 Å². The van der Waals surface area contributed by atoms with E-state index in [1.807, 2.05) is 52.0 Å². The average Bonchev–Trinajstić information content (AvgIpc) is 2.97. The van der Waals surface area contributed by atoms with Gasteiger partial charge in [0.05, 0.1) is 12.0 Å². The normalized spacial score (nSPS) is 16.3. The predicted molar refractivity (Wildman–Crippen MR) is 99.7 cm³/mol. The maximum atomic E-state index is 12.9. The Morgan fingerprint density at radius 1 is 1.12 bits per heavy atom. The first kappa shape index (κ1) is 19.3. The van der Waals surface area contributed by atoms with Crippen LogP contribution in [0.2, 0.25) is 0 Å². The molecule has 1 aliphatic rings. The molecular weight excluding hydrogens is 316 g/mol. The van der Waals surface area contributed by atoms with Gasteiger partial charge in [0.1, 0.15) is 5.75 Å². The summed E-state index contributed by atoms with van der Waals surface area (Å²) in [6, 6.07) is 7.35. The lowest BCUT2D eigenvalue weighted by Gasteiger charge is -2.29. The van der Waals surface area contributed by atoms with E-state index >= 15 is 0 Å². The van der Waals surface area contributed by atoms with Crippen molar-refractivity contribution in [1.82, 2.24) is 5.32 Å². The molecule has 0 radical (unpaired) electrons. The van der Waals surface area contributed by atoms with E-state index in [-0.39, 0.29) is 23.8 Å². The molecular formula is C20H30N2O3. The fraction of sp³-hybridized carbons (Fsp3) is 0.600. The highest BCUT2D eigenvalue weighted by Gasteiger charge is 2.43. The highest BCUT2D eigenvalue weighted by Crippen LogP contribution is 2.42. The van der Waals surface area contributed by atoms with Crippen LogP contribution in [0.1, 0.15) is 59.8 Å². The van der Waals surface area contributed by atoms with E-state index < -0.39 is 5.41 Å². The van der Waals surface area contributed by atoms with Crippen molar-refractivity contribution in [3.8, 4) is 5.75 Å². The van der Waals surface area contributed by atoms with Gasteiger partial charge in [0.2, 0.25) is 11.8 Å². The molecule has 0 saturated heterocycles. The van der Waals surface area contributed by atoms with Crippen molar-refractivity contribution in [2.24, 2.45) is 5.41 Å². The first-order valence-corrected chi connectivity index (χ1v) is 9.09. The molecule has 0 aromatic heterocycles. The van der Waals surface area contributed by atoms with Gasteiger partial charge in [-0.15, -0.1) is 0 Å². The standard InChI is InChI=1S/C20H30N2O3/c1-5-25-16-10-8-15(9-11-16)21-18(24)20(12-6-7-13-20)14-17(23)22-19(2,3)4/h8-11H,5-7,12-14H2,1-4H3,(H,21,24)(H,22,23). The SMILES string of the molecule is CCOc1ccc(NC(=O)C2(CC(=O)NC(C)(C)C)CCCC2)cc1. The van der Waals surface area contributed by atoms with Crippen molar-refractivity contribution >= 4 is 17.5 Å². The Morgan fingerprint density at radius 3 is 2.24 bits per heavy atom. The highest BCUT2D eigenvalue weighted by molar-refractivity contribution is 5.98. The molecule has 138 valence electrons. The maximum Gasteiger partial charge on any atom is 0.231 e. The summed E-state index contributed by atoms with van der Waals surface area (Å²) in [5.41, 5.74) is -0.160. The van der Waals surface area contributed by atoms with E-state index in [2.05, 4.69) is 10.6 Å². The second-order valence-electron chi connectivity index (χ2n) is 7.87. The molecule has 5 heteroatoms. The smallest absolute Gasteiger partial charge is 0.231 e. The molecule has 2 rings (SSSR count). The summed E-state index contributed by atoms with van der Waals surface area (Å²) in [4.78, 5) is 25.3. The molecule has 0 heterocycles. The van der Waals surface area contributed by atoms with Gasteiger partial charge in [-0.2, -0.15) is 0 Å². The zero-order valence-electron chi connectivity index (χ0n) is 15.8. The Kier molecular flexibility index (Phi) is 6.09. The lowest BCUT2D eigenvalue weighted by Crippen LogP contribution is -2.45. The molecule has 0 atom stereocenters. The van der Waals surface area contributed by atoms with Crippen molar-refractivity contribution in [3.05, 3.63) is 24.3 Å². The van der Waals surface area contributed by atoms with E-state index in [0.29, 0.717) is 6.61 Å². The molecule has 1 aliphatic carbocycles. The van der Waals surface area contributed by atoms with Gasteiger partial charge in [0.25, 0.3) is 0 Å². The van der Waals surface area contributed by atoms with Gasteiger partial charge in [0.15, 0.2) is 0 Å². The molecule has 2 N–H and O–H groups in total. The van der Waals surface area contributed by atoms with Gasteiger partial charge in [0, 0.05) is 17.6 Å². The van der Waals surface area contributed by atoms with Crippen molar-refractivity contribution in [1.29, 1.82) is 0 Å². The number of carbonyl (C=O) groups excluding carboxylic acids is 2. The lowest BCUT2D eigenvalue weighted by molar-refractivity contribution is -0.133. The Hall–Kier alpha value is -2.04. The van der Waals surface area contributed by atoms with E-state index in [4.69, 9.17) is 4.74 Å². The van der Waals surface area contributed by atoms with Crippen molar-refractivity contribution in [2.45, 2.75) is 65.3 Å². The number of benzene rings is 1. The number of carbonyl (C=O) groups is 2. The first-order valence-electron chi connectivity index (χ1n) is 9.09. The van der Waals surface area contributed by atoms with Crippen LogP contribution in [0.3, 0.4) is 0 Å². The lowest BCUT2D eigenvalue weighted by atomic mass is 9.81. The molecule has 25 heavy (non-hydrogen) atoms. The molecule has 0 unspecified atom stereocenters. The second kappa shape index (κ2) is 7.89. The summed E-state index contributed by atoms with van der Waals surface area (Å²) in [7, 11) is 0. The largest absolute Gasteiger partial charge is 0.494 e. The fourth-order valence-electron chi connectivity index (χ4n) is 3.37. The quantitative estimate of drug-likeness (QED) is 0.821. The number of ether oxygens (including phenoxy) is 1. The molecule has 1 fully saturated rings. The maximum absolute atomic E-state index is 12.9. The number of hydrogen-bond acceptors (Lipinski definition) is 3. The van der Waals surface area contributed by atoms with E-state index in [0.717, 1.165) is 37.1 Å². The molecule has 0 aliphatic heterocycles. The van der Waals surface area contributed by atoms with Gasteiger partial charge >= 0.3 is 0 Å². The molecule has 1 aromatic carbocycles. The average molecular weight is 346 g/mol. The number of rotatable bonds is 6. The van der Waals surface area contributed by atoms with Crippen LogP contribution >= 0.6 is 0 Å². The van der Waals surface area contributed by atoms with Crippen LogP contribution in [0, 0.1) is 5.41 Å². The van der Waals surface area contributed by atoms with Crippen LogP contribution in [0.25, 0.3) is 0 Å². The minimum atomic E-state index is -0.603. The van der Waals surface area contributed by atoms with Crippen molar-refractivity contribution < 1.29 is 14.3 Å². The number of anilines is 1.